The van der Waals surface area contributed by atoms with Crippen LogP contribution in [-0.4, -0.2) is 103 Å². The number of halogens is 2. The van der Waals surface area contributed by atoms with Gasteiger partial charge in [0.15, 0.2) is 5.13 Å². The third-order valence-corrected chi connectivity index (χ3v) is 14.4. The number of ether oxygens (including phenoxy) is 1. The van der Waals surface area contributed by atoms with E-state index in [0.29, 0.717) is 96.5 Å². The zero-order valence-corrected chi connectivity index (χ0v) is 37.1. The number of nitrogens with zero attached hydrogens (tertiary/aromatic N) is 6. The van der Waals surface area contributed by atoms with E-state index in [1.165, 1.54) is 23.5 Å². The number of aliphatic hydroxyl groups is 1. The molecule has 18 heteroatoms. The molecule has 2 unspecified atom stereocenters. The van der Waals surface area contributed by atoms with Crippen LogP contribution in [0, 0.1) is 11.6 Å². The van der Waals surface area contributed by atoms with Gasteiger partial charge < -0.3 is 29.9 Å². The highest BCUT2D eigenvalue weighted by molar-refractivity contribution is 7.13. The number of hydrogen-bond donors (Lipinski definition) is 4. The van der Waals surface area contributed by atoms with E-state index in [0.717, 1.165) is 43.5 Å². The Morgan fingerprint density at radius 2 is 1.70 bits per heavy atom. The summed E-state index contributed by atoms with van der Waals surface area (Å²) in [4.78, 5) is 65.3. The van der Waals surface area contributed by atoms with E-state index in [1.807, 2.05) is 33.7 Å². The van der Waals surface area contributed by atoms with Gasteiger partial charge in [-0.3, -0.25) is 34.3 Å². The molecule has 5 aliphatic heterocycles. The van der Waals surface area contributed by atoms with Gasteiger partial charge in [0, 0.05) is 79.5 Å². The number of aryl methyl sites for hydroxylation is 1. The van der Waals surface area contributed by atoms with Crippen molar-refractivity contribution < 1.29 is 37.8 Å². The summed E-state index contributed by atoms with van der Waals surface area (Å²) in [7, 11) is 0. The summed E-state index contributed by atoms with van der Waals surface area (Å²) in [5.41, 5.74) is 4.69. The Hall–Kier alpha value is -6.08. The minimum atomic E-state index is -1.26. The Morgan fingerprint density at radius 1 is 0.894 bits per heavy atom. The molecule has 5 aromatic rings. The molecule has 0 saturated carbocycles. The number of aromatic nitrogens is 3. The van der Waals surface area contributed by atoms with Crippen molar-refractivity contribution in [3.8, 4) is 16.9 Å². The number of nitrogens with one attached hydrogen (secondary N) is 3. The lowest BCUT2D eigenvalue weighted by Crippen LogP contribution is -2.47. The summed E-state index contributed by atoms with van der Waals surface area (Å²) in [6, 6.07) is 14.1. The number of likely N-dealkylation sites (tertiary alicyclic amines) is 2. The van der Waals surface area contributed by atoms with Gasteiger partial charge in [0.25, 0.3) is 0 Å². The van der Waals surface area contributed by atoms with Crippen molar-refractivity contribution in [2.45, 2.75) is 94.8 Å². The Labute approximate surface area is 384 Å². The maximum absolute atomic E-state index is 15.9. The van der Waals surface area contributed by atoms with Crippen LogP contribution < -0.4 is 20.7 Å². The molecule has 4 amide bonds. The van der Waals surface area contributed by atoms with Crippen molar-refractivity contribution in [2.24, 2.45) is 0 Å². The largest absolute Gasteiger partial charge is 0.490 e. The molecule has 0 radical (unpaired) electrons. The minimum absolute atomic E-state index is 0.0239. The number of anilines is 2. The molecular formula is C48H51F2N9O6S. The third kappa shape index (κ3) is 9.06. The van der Waals surface area contributed by atoms with Gasteiger partial charge in [-0.1, -0.05) is 18.2 Å². The zero-order chi connectivity index (χ0) is 45.5. The highest BCUT2D eigenvalue weighted by Crippen LogP contribution is 2.43. The average Bonchev–Trinajstić information content (AvgIpc) is 4.14. The first-order valence-electron chi connectivity index (χ1n) is 22.7. The van der Waals surface area contributed by atoms with Gasteiger partial charge in [0.05, 0.1) is 18.6 Å². The molecule has 344 valence electrons. The number of carbonyl (C=O) groups excluding carboxylic acids is 4. The lowest BCUT2D eigenvalue weighted by Gasteiger charge is -2.36. The van der Waals surface area contributed by atoms with Crippen LogP contribution in [-0.2, 0) is 38.7 Å². The maximum atomic E-state index is 15.9. The number of aliphatic hydroxyl groups excluding tert-OH is 1. The first-order chi connectivity index (χ1) is 32.0. The summed E-state index contributed by atoms with van der Waals surface area (Å²) in [5, 5.41) is 22.2. The number of benzene rings is 3. The second-order valence-electron chi connectivity index (χ2n) is 17.8. The number of imide groups is 1. The van der Waals surface area contributed by atoms with Crippen molar-refractivity contribution in [2.75, 3.05) is 43.4 Å². The molecule has 5 aliphatic rings. The predicted octanol–water partition coefficient (Wildman–Crippen LogP) is 5.88. The van der Waals surface area contributed by atoms with Crippen molar-refractivity contribution >= 4 is 45.8 Å². The normalized spacial score (nSPS) is 21.0. The number of thiazole rings is 1. The first kappa shape index (κ1) is 43.8. The zero-order valence-electron chi connectivity index (χ0n) is 36.3. The highest BCUT2D eigenvalue weighted by atomic mass is 32.1. The molecule has 3 aromatic carbocycles. The van der Waals surface area contributed by atoms with E-state index in [2.05, 4.69) is 30.8 Å². The van der Waals surface area contributed by atoms with Crippen LogP contribution in [0.3, 0.4) is 0 Å². The van der Waals surface area contributed by atoms with E-state index < -0.39 is 35.9 Å². The van der Waals surface area contributed by atoms with Gasteiger partial charge in [0.2, 0.25) is 23.6 Å². The van der Waals surface area contributed by atoms with Crippen LogP contribution in [0.5, 0.6) is 5.75 Å². The average molecular weight is 920 g/mol. The fraction of sp³-hybridized carbons (Fsp3) is 0.417. The predicted molar refractivity (Wildman–Crippen MR) is 241 cm³/mol. The second-order valence-corrected chi connectivity index (χ2v) is 18.7. The molecule has 10 rings (SSSR count). The quantitative estimate of drug-likeness (QED) is 0.110. The number of amides is 4. The molecule has 3 saturated heterocycles. The summed E-state index contributed by atoms with van der Waals surface area (Å²) < 4.78 is 39.6. The molecule has 0 aliphatic carbocycles. The molecule has 0 spiro atoms. The number of hydrogen-bond acceptors (Lipinski definition) is 12. The third-order valence-electron chi connectivity index (χ3n) is 13.7. The van der Waals surface area contributed by atoms with Gasteiger partial charge in [0.1, 0.15) is 41.8 Å². The number of piperidine rings is 3. The first-order valence-corrected chi connectivity index (χ1v) is 23.6. The van der Waals surface area contributed by atoms with Crippen LogP contribution in [0.4, 0.5) is 19.6 Å². The van der Waals surface area contributed by atoms with Gasteiger partial charge in [-0.05, 0) is 104 Å². The van der Waals surface area contributed by atoms with Crippen LogP contribution in [0.1, 0.15) is 91.2 Å². The molecule has 15 nitrogen and oxygen atoms in total. The van der Waals surface area contributed by atoms with E-state index in [1.54, 1.807) is 41.0 Å². The highest BCUT2D eigenvalue weighted by Gasteiger charge is 2.43. The fourth-order valence-electron chi connectivity index (χ4n) is 10.1. The summed E-state index contributed by atoms with van der Waals surface area (Å²) in [5.74, 6) is -1.13. The number of imidazole rings is 1. The minimum Gasteiger partial charge on any atom is -0.490 e. The van der Waals surface area contributed by atoms with Crippen LogP contribution >= 0.6 is 11.3 Å². The van der Waals surface area contributed by atoms with Gasteiger partial charge in [-0.25, -0.2) is 18.7 Å². The van der Waals surface area contributed by atoms with Crippen molar-refractivity contribution in [3.63, 3.8) is 0 Å². The van der Waals surface area contributed by atoms with Crippen molar-refractivity contribution in [1.82, 2.24) is 34.6 Å². The molecule has 2 aromatic heterocycles. The number of fused-ring (bicyclic) bond motifs is 2. The number of rotatable bonds is 12. The lowest BCUT2D eigenvalue weighted by atomic mass is 9.89. The van der Waals surface area contributed by atoms with E-state index in [-0.39, 0.29) is 42.6 Å². The number of carbonyl (C=O) groups is 4. The second kappa shape index (κ2) is 18.7. The standard InChI is InChI=1S/C48H51F2N9O6S/c49-37-23-30(22-35-36(37)25-59(47(35)64)44(46(63)55-48-51-15-21-66-48)43-40-2-1-16-58(40)27-52-43)28-3-6-32(7-4-28)65-33-13-19-57(20-14-33)42(61)26-56-17-11-29(12-18-56)34-8-5-31(24-38(34)50)53-39-9-10-41(60)54-45(39)62/h3-8,15,21-24,27,29,33,39,44,47,53,64H,1-2,9-14,16-20,25-26H2,(H,51,55,63)(H,54,60,62)/t39-,44?,47?/m0/s1. The van der Waals surface area contributed by atoms with Gasteiger partial charge >= 0.3 is 0 Å². The van der Waals surface area contributed by atoms with E-state index in [4.69, 9.17) is 4.74 Å². The molecule has 3 atom stereocenters. The molecule has 66 heavy (non-hydrogen) atoms. The van der Waals surface area contributed by atoms with Crippen molar-refractivity contribution in [3.05, 3.63) is 112 Å². The SMILES string of the molecule is O=C1CC[C@H](Nc2ccc(C3CCN(CC(=O)N4CCC(Oc5ccc(-c6cc(F)c7c(c6)C(O)N(C(C(=O)Nc6nccs6)c6ncn8c6CCC8)C7)cc5)CC4)CC3)c(F)c2)C(=O)N1. The molecular weight excluding hydrogens is 869 g/mol. The Bertz CT molecular complexity index is 2630. The molecule has 4 N–H and O–H groups in total. The molecule has 7 heterocycles. The summed E-state index contributed by atoms with van der Waals surface area (Å²) in [6.45, 7) is 3.65. The summed E-state index contributed by atoms with van der Waals surface area (Å²) in [6.07, 6.45) is 7.10. The van der Waals surface area contributed by atoms with Crippen LogP contribution in [0.2, 0.25) is 0 Å². The van der Waals surface area contributed by atoms with E-state index >= 15 is 8.78 Å². The smallest absolute Gasteiger partial charge is 0.249 e. The van der Waals surface area contributed by atoms with Gasteiger partial charge in [-0.15, -0.1) is 11.3 Å². The molecule has 0 bridgehead atoms. The monoisotopic (exact) mass is 919 g/mol. The topological polar surface area (TPSA) is 174 Å². The molecule has 3 fully saturated rings. The van der Waals surface area contributed by atoms with Crippen molar-refractivity contribution in [1.29, 1.82) is 0 Å². The fourth-order valence-corrected chi connectivity index (χ4v) is 10.7. The summed E-state index contributed by atoms with van der Waals surface area (Å²) >= 11 is 1.29. The van der Waals surface area contributed by atoms with E-state index in [9.17, 15) is 24.3 Å². The van der Waals surface area contributed by atoms with Gasteiger partial charge in [-0.2, -0.15) is 0 Å². The Morgan fingerprint density at radius 3 is 2.44 bits per heavy atom. The maximum Gasteiger partial charge on any atom is 0.249 e. The lowest BCUT2D eigenvalue weighted by molar-refractivity contribution is -0.135. The van der Waals surface area contributed by atoms with Crippen LogP contribution in [0.25, 0.3) is 11.1 Å². The Balaban J connectivity index is 0.705. The van der Waals surface area contributed by atoms with Crippen LogP contribution in [0.15, 0.2) is 72.5 Å². The Kier molecular flexibility index (Phi) is 12.4.